The molecule has 0 saturated heterocycles. The highest BCUT2D eigenvalue weighted by Gasteiger charge is 2.22. The van der Waals surface area contributed by atoms with Crippen LogP contribution in [-0.4, -0.2) is 17.6 Å². The Hall–Kier alpha value is -1.84. The van der Waals surface area contributed by atoms with Gasteiger partial charge in [-0.25, -0.2) is 9.98 Å². The number of pyridine rings is 1. The second kappa shape index (κ2) is 3.91. The molecule has 72 valence electrons. The van der Waals surface area contributed by atoms with Crippen LogP contribution in [0.1, 0.15) is 6.42 Å². The lowest BCUT2D eigenvalue weighted by atomic mass is 10.3. The van der Waals surface area contributed by atoms with E-state index in [0.717, 1.165) is 12.2 Å². The van der Waals surface area contributed by atoms with E-state index in [1.165, 1.54) is 6.40 Å². The molecule has 4 heteroatoms. The average molecular weight is 189 g/mol. The van der Waals surface area contributed by atoms with Gasteiger partial charge in [0.15, 0.2) is 12.0 Å². The first kappa shape index (κ1) is 8.74. The lowest BCUT2D eigenvalue weighted by Gasteiger charge is -2.20. The maximum absolute atomic E-state index is 5.24. The van der Waals surface area contributed by atoms with Gasteiger partial charge in [0.05, 0.1) is 0 Å². The molecule has 2 rings (SSSR count). The van der Waals surface area contributed by atoms with E-state index in [0.29, 0.717) is 0 Å². The van der Waals surface area contributed by atoms with Gasteiger partial charge in [-0.3, -0.25) is 0 Å². The molecule has 1 aliphatic heterocycles. The number of nitrogens with zero attached hydrogens (tertiary/aromatic N) is 3. The van der Waals surface area contributed by atoms with Gasteiger partial charge in [-0.05, 0) is 12.1 Å². The van der Waals surface area contributed by atoms with Gasteiger partial charge in [-0.15, -0.1) is 6.58 Å². The zero-order valence-corrected chi connectivity index (χ0v) is 7.71. The number of anilines is 1. The average Bonchev–Trinajstić information content (AvgIpc) is 2.68. The maximum Gasteiger partial charge on any atom is 0.207 e. The molecule has 0 aromatic carbocycles. The van der Waals surface area contributed by atoms with Gasteiger partial charge in [-0.1, -0.05) is 12.1 Å². The fraction of sp³-hybridized carbons (Fsp3) is 0.200. The summed E-state index contributed by atoms with van der Waals surface area (Å²) in [5.74, 6) is 0.761. The van der Waals surface area contributed by atoms with Gasteiger partial charge in [-0.2, -0.15) is 5.06 Å². The van der Waals surface area contributed by atoms with Gasteiger partial charge in [0.2, 0.25) is 6.40 Å². The van der Waals surface area contributed by atoms with Crippen LogP contribution in [0.2, 0.25) is 0 Å². The van der Waals surface area contributed by atoms with Gasteiger partial charge in [0.1, 0.15) is 0 Å². The number of aliphatic imine (C=N–C) groups is 1. The molecular weight excluding hydrogens is 178 g/mol. The first-order valence-corrected chi connectivity index (χ1v) is 4.41. The summed E-state index contributed by atoms with van der Waals surface area (Å²) in [5.41, 5.74) is 0. The number of hydrogen-bond acceptors (Lipinski definition) is 4. The highest BCUT2D eigenvalue weighted by molar-refractivity contribution is 5.55. The Morgan fingerprint density at radius 1 is 1.57 bits per heavy atom. The summed E-state index contributed by atoms with van der Waals surface area (Å²) in [4.78, 5) is 13.6. The molecular formula is C10H11N3O. The molecule has 14 heavy (non-hydrogen) atoms. The fourth-order valence-corrected chi connectivity index (χ4v) is 1.28. The van der Waals surface area contributed by atoms with Crippen molar-refractivity contribution >= 4 is 12.2 Å². The van der Waals surface area contributed by atoms with Gasteiger partial charge < -0.3 is 4.84 Å². The van der Waals surface area contributed by atoms with Crippen molar-refractivity contribution < 1.29 is 4.84 Å². The van der Waals surface area contributed by atoms with Crippen molar-refractivity contribution in [3.05, 3.63) is 37.1 Å². The van der Waals surface area contributed by atoms with Crippen LogP contribution in [-0.2, 0) is 4.84 Å². The molecule has 0 saturated carbocycles. The molecule has 0 N–H and O–H groups in total. The van der Waals surface area contributed by atoms with Crippen LogP contribution in [0.5, 0.6) is 0 Å². The standard InChI is InChI=1S/C10H11N3O/c1-2-5-9-12-8-14-13(9)10-6-3-4-7-11-10/h2-4,6-9H,1,5H2. The Kier molecular flexibility index (Phi) is 2.44. The third kappa shape index (κ3) is 1.59. The molecule has 0 radical (unpaired) electrons. The molecule has 1 aliphatic rings. The number of hydroxylamine groups is 1. The molecule has 1 atom stereocenters. The molecule has 1 aromatic heterocycles. The highest BCUT2D eigenvalue weighted by atomic mass is 16.7. The highest BCUT2D eigenvalue weighted by Crippen LogP contribution is 2.19. The van der Waals surface area contributed by atoms with Crippen LogP contribution in [0.4, 0.5) is 5.82 Å². The SMILES string of the molecule is C=CCC1N=CON1c1ccccn1. The van der Waals surface area contributed by atoms with Crippen LogP contribution in [0.25, 0.3) is 0 Å². The Balaban J connectivity index is 2.15. The predicted molar refractivity (Wildman–Crippen MR) is 54.9 cm³/mol. The molecule has 0 spiro atoms. The Morgan fingerprint density at radius 2 is 2.50 bits per heavy atom. The molecule has 1 unspecified atom stereocenters. The van der Waals surface area contributed by atoms with Crippen LogP contribution in [0.3, 0.4) is 0 Å². The summed E-state index contributed by atoms with van der Waals surface area (Å²) >= 11 is 0. The van der Waals surface area contributed by atoms with Gasteiger partial charge >= 0.3 is 0 Å². The normalized spacial score (nSPS) is 19.4. The van der Waals surface area contributed by atoms with E-state index in [9.17, 15) is 0 Å². The first-order valence-electron chi connectivity index (χ1n) is 4.41. The van der Waals surface area contributed by atoms with Gasteiger partial charge in [0, 0.05) is 12.6 Å². The van der Waals surface area contributed by atoms with Crippen molar-refractivity contribution in [1.29, 1.82) is 0 Å². The zero-order chi connectivity index (χ0) is 9.80. The van der Waals surface area contributed by atoms with E-state index in [1.807, 2.05) is 24.3 Å². The summed E-state index contributed by atoms with van der Waals surface area (Å²) in [6.45, 7) is 3.68. The van der Waals surface area contributed by atoms with Crippen molar-refractivity contribution in [2.75, 3.05) is 5.06 Å². The van der Waals surface area contributed by atoms with E-state index in [2.05, 4.69) is 16.6 Å². The first-order chi connectivity index (χ1) is 6.92. The zero-order valence-electron chi connectivity index (χ0n) is 7.71. The third-order valence-corrected chi connectivity index (χ3v) is 1.92. The quantitative estimate of drug-likeness (QED) is 0.680. The van der Waals surface area contributed by atoms with Crippen molar-refractivity contribution in [3.8, 4) is 0 Å². The van der Waals surface area contributed by atoms with E-state index >= 15 is 0 Å². The van der Waals surface area contributed by atoms with Crippen LogP contribution < -0.4 is 5.06 Å². The summed E-state index contributed by atoms with van der Waals surface area (Å²) < 4.78 is 0. The fourth-order valence-electron chi connectivity index (χ4n) is 1.28. The second-order valence-electron chi connectivity index (χ2n) is 2.88. The van der Waals surface area contributed by atoms with Crippen molar-refractivity contribution in [2.45, 2.75) is 12.6 Å². The minimum absolute atomic E-state index is 0.0394. The minimum atomic E-state index is -0.0394. The van der Waals surface area contributed by atoms with Crippen LogP contribution in [0.15, 0.2) is 42.0 Å². The summed E-state index contributed by atoms with van der Waals surface area (Å²) in [5, 5.41) is 1.67. The predicted octanol–water partition coefficient (Wildman–Crippen LogP) is 1.76. The monoisotopic (exact) mass is 189 g/mol. The Morgan fingerprint density at radius 3 is 3.21 bits per heavy atom. The van der Waals surface area contributed by atoms with Crippen molar-refractivity contribution in [1.82, 2.24) is 4.98 Å². The summed E-state index contributed by atoms with van der Waals surface area (Å²) in [6, 6.07) is 5.66. The lowest BCUT2D eigenvalue weighted by molar-refractivity contribution is 0.274. The van der Waals surface area contributed by atoms with E-state index in [-0.39, 0.29) is 6.17 Å². The summed E-state index contributed by atoms with van der Waals surface area (Å²) in [7, 11) is 0. The number of rotatable bonds is 3. The molecule has 0 fully saturated rings. The topological polar surface area (TPSA) is 37.7 Å². The largest absolute Gasteiger partial charge is 0.364 e. The van der Waals surface area contributed by atoms with Crippen LogP contribution in [0, 0.1) is 0 Å². The molecule has 0 bridgehead atoms. The molecule has 0 amide bonds. The Bertz CT molecular complexity index is 336. The molecule has 0 aliphatic carbocycles. The maximum atomic E-state index is 5.24. The van der Waals surface area contributed by atoms with Crippen molar-refractivity contribution in [2.24, 2.45) is 4.99 Å². The van der Waals surface area contributed by atoms with Gasteiger partial charge in [0.25, 0.3) is 0 Å². The van der Waals surface area contributed by atoms with E-state index in [1.54, 1.807) is 11.3 Å². The van der Waals surface area contributed by atoms with Crippen molar-refractivity contribution in [3.63, 3.8) is 0 Å². The van der Waals surface area contributed by atoms with Crippen LogP contribution >= 0.6 is 0 Å². The lowest BCUT2D eigenvalue weighted by Crippen LogP contribution is -2.28. The van der Waals surface area contributed by atoms with E-state index in [4.69, 9.17) is 4.84 Å². The van der Waals surface area contributed by atoms with E-state index < -0.39 is 0 Å². The smallest absolute Gasteiger partial charge is 0.207 e. The minimum Gasteiger partial charge on any atom is -0.364 e. The number of hydrogen-bond donors (Lipinski definition) is 0. The summed E-state index contributed by atoms with van der Waals surface area (Å²) in [6.07, 6.45) is 5.67. The molecule has 1 aromatic rings. The Labute approximate surface area is 82.5 Å². The third-order valence-electron chi connectivity index (χ3n) is 1.92. The molecule has 2 heterocycles. The number of aromatic nitrogens is 1. The second-order valence-corrected chi connectivity index (χ2v) is 2.88. The molecule has 4 nitrogen and oxygen atoms in total.